The molecule has 1 aromatic rings. The molecule has 1 aliphatic rings. The van der Waals surface area contributed by atoms with Crippen molar-refractivity contribution in [3.05, 3.63) is 24.3 Å². The summed E-state index contributed by atoms with van der Waals surface area (Å²) in [5.74, 6) is 0.895. The maximum Gasteiger partial charge on any atom is 0.0600 e. The van der Waals surface area contributed by atoms with Crippen molar-refractivity contribution < 1.29 is 0 Å². The number of para-hydroxylation sites is 2. The number of benzene rings is 1. The first-order valence-electron chi connectivity index (χ1n) is 6.40. The van der Waals surface area contributed by atoms with Crippen molar-refractivity contribution in [2.45, 2.75) is 32.6 Å². The van der Waals surface area contributed by atoms with Crippen LogP contribution in [0.1, 0.15) is 32.6 Å². The lowest BCUT2D eigenvalue weighted by Crippen LogP contribution is -2.33. The van der Waals surface area contributed by atoms with Crippen LogP contribution in [0, 0.1) is 5.92 Å². The molecule has 2 N–H and O–H groups in total. The summed E-state index contributed by atoms with van der Waals surface area (Å²) < 4.78 is 0. The Morgan fingerprint density at radius 3 is 2.62 bits per heavy atom. The average Bonchev–Trinajstić information content (AvgIpc) is 2.23. The molecule has 0 heterocycles. The zero-order chi connectivity index (χ0) is 11.4. The van der Waals surface area contributed by atoms with Gasteiger partial charge < -0.3 is 10.6 Å². The van der Waals surface area contributed by atoms with E-state index in [2.05, 4.69) is 24.0 Å². The molecule has 0 saturated heterocycles. The van der Waals surface area contributed by atoms with E-state index < -0.39 is 0 Å². The van der Waals surface area contributed by atoms with Crippen LogP contribution in [-0.2, 0) is 0 Å². The maximum absolute atomic E-state index is 6.05. The topological polar surface area (TPSA) is 29.3 Å². The van der Waals surface area contributed by atoms with Gasteiger partial charge in [0.2, 0.25) is 0 Å². The molecule has 2 rings (SSSR count). The fourth-order valence-electron chi connectivity index (χ4n) is 2.34. The molecule has 2 nitrogen and oxygen atoms in total. The first-order chi connectivity index (χ1) is 7.81. The maximum atomic E-state index is 6.05. The Kier molecular flexibility index (Phi) is 3.70. The van der Waals surface area contributed by atoms with Crippen molar-refractivity contribution in [1.82, 2.24) is 0 Å². The lowest BCUT2D eigenvalue weighted by Gasteiger charge is -2.34. The highest BCUT2D eigenvalue weighted by Crippen LogP contribution is 2.30. The van der Waals surface area contributed by atoms with Crippen molar-refractivity contribution in [1.29, 1.82) is 0 Å². The molecule has 1 aromatic carbocycles. The molecule has 0 radical (unpaired) electrons. The lowest BCUT2D eigenvalue weighted by molar-refractivity contribution is 0.317. The van der Waals surface area contributed by atoms with E-state index in [1.54, 1.807) is 0 Å². The fraction of sp³-hybridized carbons (Fsp3) is 0.571. The summed E-state index contributed by atoms with van der Waals surface area (Å²) >= 11 is 0. The van der Waals surface area contributed by atoms with Gasteiger partial charge in [-0.15, -0.1) is 0 Å². The van der Waals surface area contributed by atoms with Gasteiger partial charge in [-0.3, -0.25) is 0 Å². The average molecular weight is 218 g/mol. The van der Waals surface area contributed by atoms with Crippen LogP contribution in [0.4, 0.5) is 11.4 Å². The van der Waals surface area contributed by atoms with Gasteiger partial charge >= 0.3 is 0 Å². The summed E-state index contributed by atoms with van der Waals surface area (Å²) in [5, 5.41) is 0. The van der Waals surface area contributed by atoms with Crippen LogP contribution in [0.25, 0.3) is 0 Å². The van der Waals surface area contributed by atoms with Gasteiger partial charge in [0, 0.05) is 13.1 Å². The first-order valence-corrected chi connectivity index (χ1v) is 6.40. The van der Waals surface area contributed by atoms with E-state index in [9.17, 15) is 0 Å². The number of nitrogen functional groups attached to an aromatic ring is 1. The quantitative estimate of drug-likeness (QED) is 0.768. The van der Waals surface area contributed by atoms with E-state index in [1.165, 1.54) is 37.9 Å². The van der Waals surface area contributed by atoms with Crippen molar-refractivity contribution >= 4 is 11.4 Å². The molecule has 0 spiro atoms. The van der Waals surface area contributed by atoms with E-state index in [-0.39, 0.29) is 0 Å². The zero-order valence-corrected chi connectivity index (χ0v) is 10.2. The van der Waals surface area contributed by atoms with Gasteiger partial charge in [0.25, 0.3) is 0 Å². The second kappa shape index (κ2) is 5.24. The molecule has 0 aromatic heterocycles. The molecule has 0 aliphatic heterocycles. The number of anilines is 2. The summed E-state index contributed by atoms with van der Waals surface area (Å²) in [5.41, 5.74) is 8.18. The second-order valence-corrected chi connectivity index (χ2v) is 4.80. The van der Waals surface area contributed by atoms with Gasteiger partial charge in [-0.2, -0.15) is 0 Å². The standard InChI is InChI=1S/C14H22N2/c1-2-10-16(11-12-6-5-7-12)14-9-4-3-8-13(14)15/h3-4,8-9,12H,2,5-7,10-11,15H2,1H3. The number of hydrogen-bond acceptors (Lipinski definition) is 2. The summed E-state index contributed by atoms with van der Waals surface area (Å²) in [6.45, 7) is 4.53. The minimum atomic E-state index is 0.895. The number of hydrogen-bond donors (Lipinski definition) is 1. The molecule has 1 aliphatic carbocycles. The van der Waals surface area contributed by atoms with Crippen molar-refractivity contribution in [2.75, 3.05) is 23.7 Å². The van der Waals surface area contributed by atoms with E-state index in [0.29, 0.717) is 0 Å². The number of nitrogens with zero attached hydrogens (tertiary/aromatic N) is 1. The van der Waals surface area contributed by atoms with Gasteiger partial charge in [-0.25, -0.2) is 0 Å². The van der Waals surface area contributed by atoms with Gasteiger partial charge in [-0.1, -0.05) is 25.5 Å². The predicted octanol–water partition coefficient (Wildman–Crippen LogP) is 3.29. The Labute approximate surface area is 98.4 Å². The molecule has 2 heteroatoms. The van der Waals surface area contributed by atoms with Crippen LogP contribution in [0.15, 0.2) is 24.3 Å². The largest absolute Gasteiger partial charge is 0.397 e. The van der Waals surface area contributed by atoms with Gasteiger partial charge in [0.05, 0.1) is 11.4 Å². The molecular formula is C14H22N2. The molecule has 0 unspecified atom stereocenters. The van der Waals surface area contributed by atoms with Crippen LogP contribution < -0.4 is 10.6 Å². The van der Waals surface area contributed by atoms with Crippen molar-refractivity contribution in [3.63, 3.8) is 0 Å². The van der Waals surface area contributed by atoms with E-state index >= 15 is 0 Å². The highest BCUT2D eigenvalue weighted by atomic mass is 15.1. The van der Waals surface area contributed by atoms with Crippen LogP contribution in [0.2, 0.25) is 0 Å². The zero-order valence-electron chi connectivity index (χ0n) is 10.2. The Bertz CT molecular complexity index is 331. The van der Waals surface area contributed by atoms with E-state index in [4.69, 9.17) is 5.73 Å². The molecular weight excluding hydrogens is 196 g/mol. The normalized spacial score (nSPS) is 15.8. The van der Waals surface area contributed by atoms with Crippen LogP contribution in [0.5, 0.6) is 0 Å². The monoisotopic (exact) mass is 218 g/mol. The second-order valence-electron chi connectivity index (χ2n) is 4.80. The summed E-state index contributed by atoms with van der Waals surface area (Å²) in [4.78, 5) is 2.46. The fourth-order valence-corrected chi connectivity index (χ4v) is 2.34. The Morgan fingerprint density at radius 2 is 2.06 bits per heavy atom. The minimum Gasteiger partial charge on any atom is -0.397 e. The molecule has 1 fully saturated rings. The van der Waals surface area contributed by atoms with Crippen LogP contribution in [-0.4, -0.2) is 13.1 Å². The van der Waals surface area contributed by atoms with E-state index in [1.807, 2.05) is 12.1 Å². The summed E-state index contributed by atoms with van der Waals surface area (Å²) in [6, 6.07) is 8.23. The highest BCUT2D eigenvalue weighted by Gasteiger charge is 2.21. The lowest BCUT2D eigenvalue weighted by atomic mass is 9.85. The van der Waals surface area contributed by atoms with Crippen LogP contribution in [0.3, 0.4) is 0 Å². The van der Waals surface area contributed by atoms with Crippen molar-refractivity contribution in [2.24, 2.45) is 5.92 Å². The highest BCUT2D eigenvalue weighted by molar-refractivity contribution is 5.67. The first kappa shape index (κ1) is 11.3. The molecule has 0 atom stereocenters. The van der Waals surface area contributed by atoms with Gasteiger partial charge in [0.1, 0.15) is 0 Å². The Hall–Kier alpha value is -1.18. The third-order valence-electron chi connectivity index (χ3n) is 3.47. The van der Waals surface area contributed by atoms with Crippen LogP contribution >= 0.6 is 0 Å². The van der Waals surface area contributed by atoms with Gasteiger partial charge in [0.15, 0.2) is 0 Å². The summed E-state index contributed by atoms with van der Waals surface area (Å²) in [6.07, 6.45) is 5.38. The molecule has 0 bridgehead atoms. The molecule has 88 valence electrons. The van der Waals surface area contributed by atoms with Gasteiger partial charge in [-0.05, 0) is 37.3 Å². The molecule has 1 saturated carbocycles. The summed E-state index contributed by atoms with van der Waals surface area (Å²) in [7, 11) is 0. The van der Waals surface area contributed by atoms with E-state index in [0.717, 1.165) is 18.2 Å². The molecule has 16 heavy (non-hydrogen) atoms. The smallest absolute Gasteiger partial charge is 0.0600 e. The third kappa shape index (κ3) is 2.49. The molecule has 0 amide bonds. The number of nitrogens with two attached hydrogens (primary N) is 1. The predicted molar refractivity (Wildman–Crippen MR) is 70.7 cm³/mol. The number of rotatable bonds is 5. The third-order valence-corrected chi connectivity index (χ3v) is 3.47. The van der Waals surface area contributed by atoms with Crippen molar-refractivity contribution in [3.8, 4) is 0 Å². The SMILES string of the molecule is CCCN(CC1CCC1)c1ccccc1N. The minimum absolute atomic E-state index is 0.895. The Morgan fingerprint density at radius 1 is 1.31 bits per heavy atom. The Balaban J connectivity index is 2.08.